The Balaban J connectivity index is 0. The number of hydrogen-bond donors (Lipinski definition) is 1. The van der Waals surface area contributed by atoms with Gasteiger partial charge in [-0.2, -0.15) is 0 Å². The van der Waals surface area contributed by atoms with Gasteiger partial charge in [-0.05, 0) is 0 Å². The normalized spacial score (nSPS) is 3.00. The van der Waals surface area contributed by atoms with Gasteiger partial charge in [-0.1, -0.05) is 0 Å². The Hall–Kier alpha value is -0.0105. The smallest absolute Gasteiger partial charge is 0.483 e. The second-order valence-electron chi connectivity index (χ2n) is 0.105. The molecule has 0 spiro atoms. The molecule has 4 heavy (non-hydrogen) atoms. The van der Waals surface area contributed by atoms with Crippen molar-refractivity contribution in [3.05, 3.63) is 0 Å². The summed E-state index contributed by atoms with van der Waals surface area (Å²) in [5.41, 5.74) is 0. The van der Waals surface area contributed by atoms with Gasteiger partial charge in [-0.3, -0.25) is 4.79 Å². The fourth-order valence-electron chi connectivity index (χ4n) is 0. The zero-order valence-electron chi connectivity index (χ0n) is 1.79. The van der Waals surface area contributed by atoms with Gasteiger partial charge in [-0.15, -0.1) is 0 Å². The molecule has 0 aliphatic heterocycles. The maximum atomic E-state index is 8.36. The summed E-state index contributed by atoms with van der Waals surface area (Å²) < 4.78 is 0. The zero-order chi connectivity index (χ0) is 2.71. The van der Waals surface area contributed by atoms with Crippen molar-refractivity contribution < 1.29 is 27.0 Å². The number of carbonyl (C=O) groups is 1. The Bertz CT molecular complexity index is 13.5. The van der Waals surface area contributed by atoms with E-state index in [0.29, 0.717) is 0 Å². The number of carboxylic acid groups (broad SMARTS) is 1. The van der Waals surface area contributed by atoms with E-state index in [4.69, 9.17) is 9.90 Å². The van der Waals surface area contributed by atoms with Gasteiger partial charge in [0.05, 0.1) is 0 Å². The van der Waals surface area contributed by atoms with Crippen molar-refractivity contribution in [1.82, 2.24) is 0 Å². The van der Waals surface area contributed by atoms with Crippen molar-refractivity contribution in [3.8, 4) is 0 Å². The molecule has 3 heteroatoms. The first kappa shape index (κ1) is 9.01. The Morgan fingerprint density at radius 2 is 1.75 bits per heavy atom. The first-order valence-corrected chi connectivity index (χ1v) is 0.494. The maximum absolute atomic E-state index is 8.36. The summed E-state index contributed by atoms with van der Waals surface area (Å²) in [6.07, 6.45) is 0. The third-order valence-corrected chi connectivity index (χ3v) is 0. The maximum Gasteiger partial charge on any atom is 2.00 e. The third kappa shape index (κ3) is 17600. The van der Waals surface area contributed by atoms with Crippen LogP contribution < -0.4 is 0 Å². The molecule has 1 N–H and O–H groups in total. The van der Waals surface area contributed by atoms with Crippen LogP contribution in [0.1, 0.15) is 0 Å². The van der Waals surface area contributed by atoms with Gasteiger partial charge in [0.1, 0.15) is 0 Å². The predicted octanol–water partition coefficient (Wildman–Crippen LogP) is -0.302. The van der Waals surface area contributed by atoms with Gasteiger partial charge < -0.3 is 5.11 Å². The first-order chi connectivity index (χ1) is 1.41. The Kier molecular flexibility index (Phi) is 27.2. The molecule has 0 unspecified atom stereocenters. The van der Waals surface area contributed by atoms with Crippen molar-refractivity contribution >= 4 is 6.47 Å². The molecule has 0 radical (unpaired) electrons. The molecule has 0 atom stereocenters. The van der Waals surface area contributed by atoms with Gasteiger partial charge in [0.2, 0.25) is 0 Å². The van der Waals surface area contributed by atoms with Gasteiger partial charge in [0, 0.05) is 0 Å². The molecule has 0 fully saturated rings. The largest absolute Gasteiger partial charge is 2.00 e. The topological polar surface area (TPSA) is 37.3 Å². The molecule has 0 aliphatic rings. The van der Waals surface area contributed by atoms with Crippen molar-refractivity contribution in [1.29, 1.82) is 0 Å². The second kappa shape index (κ2) is 12.1. The van der Waals surface area contributed by atoms with Crippen LogP contribution in [0.15, 0.2) is 0 Å². The summed E-state index contributed by atoms with van der Waals surface area (Å²) in [7, 11) is 0. The summed E-state index contributed by atoms with van der Waals surface area (Å²) in [6.45, 7) is -0.250. The van der Waals surface area contributed by atoms with Gasteiger partial charge in [0.25, 0.3) is 6.47 Å². The van der Waals surface area contributed by atoms with E-state index in [9.17, 15) is 0 Å². The van der Waals surface area contributed by atoms with E-state index in [0.717, 1.165) is 0 Å². The van der Waals surface area contributed by atoms with E-state index in [2.05, 4.69) is 0 Å². The first-order valence-electron chi connectivity index (χ1n) is 0.494. The summed E-state index contributed by atoms with van der Waals surface area (Å²) in [5.74, 6) is 0. The van der Waals surface area contributed by atoms with Crippen LogP contribution in [0.3, 0.4) is 0 Å². The Morgan fingerprint density at radius 3 is 1.75 bits per heavy atom. The van der Waals surface area contributed by atoms with Crippen LogP contribution in [-0.2, 0) is 21.9 Å². The van der Waals surface area contributed by atoms with Crippen molar-refractivity contribution in [2.45, 2.75) is 0 Å². The van der Waals surface area contributed by atoms with Crippen LogP contribution in [0.5, 0.6) is 0 Å². The fourth-order valence-corrected chi connectivity index (χ4v) is 0. The second-order valence-corrected chi connectivity index (χ2v) is 0.105. The van der Waals surface area contributed by atoms with Crippen LogP contribution in [0.2, 0.25) is 0 Å². The van der Waals surface area contributed by atoms with Crippen molar-refractivity contribution in [2.24, 2.45) is 0 Å². The van der Waals surface area contributed by atoms with Gasteiger partial charge in [0.15, 0.2) is 0 Å². The molecule has 0 saturated carbocycles. The molecule has 0 aromatic heterocycles. The minimum atomic E-state index is -0.250. The molecular formula is CH2FeO2+2. The average molecular weight is 102 g/mol. The minimum absolute atomic E-state index is 0. The summed E-state index contributed by atoms with van der Waals surface area (Å²) in [6, 6.07) is 0. The molecule has 2 nitrogen and oxygen atoms in total. The Labute approximate surface area is 34.3 Å². The average Bonchev–Trinajstić information content (AvgIpc) is 0.918. The van der Waals surface area contributed by atoms with Crippen LogP contribution in [0.25, 0.3) is 0 Å². The fraction of sp³-hybridized carbons (Fsp3) is 0. The quantitative estimate of drug-likeness (QED) is 0.336. The third-order valence-electron chi connectivity index (χ3n) is 0. The number of hydrogen-bond acceptors (Lipinski definition) is 1. The van der Waals surface area contributed by atoms with E-state index >= 15 is 0 Å². The molecule has 0 aromatic carbocycles. The van der Waals surface area contributed by atoms with Gasteiger partial charge in [-0.25, -0.2) is 0 Å². The molecular weight excluding hydrogens is 99.9 g/mol. The van der Waals surface area contributed by atoms with Gasteiger partial charge >= 0.3 is 17.1 Å². The summed E-state index contributed by atoms with van der Waals surface area (Å²) in [4.78, 5) is 8.36. The number of rotatable bonds is 0. The van der Waals surface area contributed by atoms with E-state index < -0.39 is 0 Å². The van der Waals surface area contributed by atoms with Crippen LogP contribution >= 0.6 is 0 Å². The van der Waals surface area contributed by atoms with E-state index in [1.165, 1.54) is 0 Å². The van der Waals surface area contributed by atoms with E-state index in [1.807, 2.05) is 0 Å². The van der Waals surface area contributed by atoms with Crippen LogP contribution in [0.4, 0.5) is 0 Å². The monoisotopic (exact) mass is 102 g/mol. The van der Waals surface area contributed by atoms with Crippen molar-refractivity contribution in [2.75, 3.05) is 0 Å². The van der Waals surface area contributed by atoms with E-state index in [-0.39, 0.29) is 23.5 Å². The molecule has 0 amide bonds. The standard InChI is InChI=1S/CH2O2.Fe/c2-1-3;/h1H,(H,2,3);/q;+2. The molecule has 0 heterocycles. The van der Waals surface area contributed by atoms with Crippen molar-refractivity contribution in [3.63, 3.8) is 0 Å². The van der Waals surface area contributed by atoms with E-state index in [1.54, 1.807) is 0 Å². The predicted molar refractivity (Wildman–Crippen MR) is 8.69 cm³/mol. The molecule has 0 rings (SSSR count). The molecule has 0 aliphatic carbocycles. The van der Waals surface area contributed by atoms with Crippen LogP contribution in [-0.4, -0.2) is 11.6 Å². The van der Waals surface area contributed by atoms with Crippen LogP contribution in [0, 0.1) is 0 Å². The summed E-state index contributed by atoms with van der Waals surface area (Å²) in [5, 5.41) is 6.89. The molecule has 24 valence electrons. The SMILES string of the molecule is O=CO.[Fe+2]. The minimum Gasteiger partial charge on any atom is -0.483 e. The molecule has 0 bridgehead atoms. The summed E-state index contributed by atoms with van der Waals surface area (Å²) >= 11 is 0. The Morgan fingerprint density at radius 1 is 1.75 bits per heavy atom. The molecule has 0 saturated heterocycles. The zero-order valence-corrected chi connectivity index (χ0v) is 2.89. The molecule has 0 aromatic rings.